The van der Waals surface area contributed by atoms with Crippen LogP contribution < -0.4 is 5.32 Å². The van der Waals surface area contributed by atoms with Crippen molar-refractivity contribution in [3.05, 3.63) is 0 Å². The first-order chi connectivity index (χ1) is 9.99. The zero-order valence-electron chi connectivity index (χ0n) is 13.7. The molecular formula is C17H31NO3. The van der Waals surface area contributed by atoms with E-state index in [0.717, 1.165) is 13.0 Å². The van der Waals surface area contributed by atoms with E-state index in [1.54, 1.807) is 0 Å². The van der Waals surface area contributed by atoms with Crippen LogP contribution in [-0.2, 0) is 9.53 Å². The number of carboxylic acid groups (broad SMARTS) is 1. The van der Waals surface area contributed by atoms with Gasteiger partial charge in [0.15, 0.2) is 0 Å². The molecule has 0 aliphatic heterocycles. The van der Waals surface area contributed by atoms with Crippen molar-refractivity contribution in [3.63, 3.8) is 0 Å². The topological polar surface area (TPSA) is 58.6 Å². The minimum absolute atomic E-state index is 0.193. The van der Waals surface area contributed by atoms with Crippen LogP contribution in [0, 0.1) is 11.3 Å². The summed E-state index contributed by atoms with van der Waals surface area (Å²) >= 11 is 0. The first kappa shape index (κ1) is 16.8. The van der Waals surface area contributed by atoms with Gasteiger partial charge in [-0.1, -0.05) is 33.1 Å². The molecule has 0 aromatic heterocycles. The molecule has 0 saturated heterocycles. The third-order valence-electron chi connectivity index (χ3n) is 5.34. The summed E-state index contributed by atoms with van der Waals surface area (Å²) in [6.45, 7) is 6.97. The molecule has 0 heterocycles. The molecule has 3 atom stereocenters. The Labute approximate surface area is 128 Å². The monoisotopic (exact) mass is 297 g/mol. The molecule has 2 N–H and O–H groups in total. The van der Waals surface area contributed by atoms with Gasteiger partial charge in [0, 0.05) is 18.1 Å². The van der Waals surface area contributed by atoms with Crippen LogP contribution in [0.3, 0.4) is 0 Å². The molecule has 0 aromatic rings. The summed E-state index contributed by atoms with van der Waals surface area (Å²) in [6, 6.07) is -0.106. The van der Waals surface area contributed by atoms with Gasteiger partial charge in [0.25, 0.3) is 0 Å². The molecule has 2 aliphatic rings. The molecule has 0 bridgehead atoms. The minimum atomic E-state index is -0.713. The maximum absolute atomic E-state index is 11.5. The van der Waals surface area contributed by atoms with Gasteiger partial charge in [-0.15, -0.1) is 0 Å². The Morgan fingerprint density at radius 3 is 2.52 bits per heavy atom. The number of hydrogen-bond acceptors (Lipinski definition) is 3. The van der Waals surface area contributed by atoms with Gasteiger partial charge < -0.3 is 15.2 Å². The molecule has 2 rings (SSSR count). The van der Waals surface area contributed by atoms with Crippen LogP contribution in [0.2, 0.25) is 0 Å². The van der Waals surface area contributed by atoms with E-state index >= 15 is 0 Å². The fourth-order valence-electron chi connectivity index (χ4n) is 4.25. The van der Waals surface area contributed by atoms with Gasteiger partial charge in [-0.25, -0.2) is 0 Å². The number of carbonyl (C=O) groups is 1. The van der Waals surface area contributed by atoms with Crippen molar-refractivity contribution in [2.45, 2.75) is 83.9 Å². The second kappa shape index (κ2) is 7.10. The molecule has 1 spiro atoms. The largest absolute Gasteiger partial charge is 0.480 e. The number of hydrogen-bond donors (Lipinski definition) is 2. The van der Waals surface area contributed by atoms with Gasteiger partial charge in [-0.3, -0.25) is 4.79 Å². The number of nitrogens with one attached hydrogen (secondary N) is 1. The molecule has 3 unspecified atom stereocenters. The van der Waals surface area contributed by atoms with Crippen LogP contribution in [0.4, 0.5) is 0 Å². The Kier molecular flexibility index (Phi) is 5.67. The molecule has 0 radical (unpaired) electrons. The molecule has 4 heteroatoms. The summed E-state index contributed by atoms with van der Waals surface area (Å²) in [6.07, 6.45) is 8.17. The van der Waals surface area contributed by atoms with Crippen LogP contribution in [0.15, 0.2) is 0 Å². The zero-order chi connectivity index (χ0) is 15.5. The average molecular weight is 297 g/mol. The van der Waals surface area contributed by atoms with E-state index in [4.69, 9.17) is 4.74 Å². The van der Waals surface area contributed by atoms with E-state index in [-0.39, 0.29) is 5.41 Å². The fraction of sp³-hybridized carbons (Fsp3) is 0.941. The van der Waals surface area contributed by atoms with Crippen molar-refractivity contribution in [1.29, 1.82) is 0 Å². The van der Waals surface area contributed by atoms with Crippen molar-refractivity contribution in [1.82, 2.24) is 5.32 Å². The zero-order valence-corrected chi connectivity index (χ0v) is 13.7. The van der Waals surface area contributed by atoms with E-state index in [1.807, 2.05) is 0 Å². The van der Waals surface area contributed by atoms with Crippen LogP contribution in [0.5, 0.6) is 0 Å². The van der Waals surface area contributed by atoms with Crippen LogP contribution >= 0.6 is 0 Å². The quantitative estimate of drug-likeness (QED) is 0.757. The van der Waals surface area contributed by atoms with Crippen molar-refractivity contribution in [2.24, 2.45) is 11.3 Å². The Bertz CT molecular complexity index is 350. The molecule has 0 amide bonds. The van der Waals surface area contributed by atoms with E-state index in [2.05, 4.69) is 26.1 Å². The lowest BCUT2D eigenvalue weighted by molar-refractivity contribution is -0.159. The van der Waals surface area contributed by atoms with Gasteiger partial charge in [0.1, 0.15) is 6.04 Å². The Balaban J connectivity index is 2.02. The Hall–Kier alpha value is -0.610. The maximum Gasteiger partial charge on any atom is 0.320 e. The Morgan fingerprint density at radius 1 is 1.33 bits per heavy atom. The molecule has 21 heavy (non-hydrogen) atoms. The molecule has 122 valence electrons. The van der Waals surface area contributed by atoms with Gasteiger partial charge in [-0.2, -0.15) is 0 Å². The summed E-state index contributed by atoms with van der Waals surface area (Å²) in [4.78, 5) is 11.5. The second-order valence-corrected chi connectivity index (χ2v) is 7.21. The molecular weight excluding hydrogens is 266 g/mol. The number of carboxylic acids is 1. The second-order valence-electron chi connectivity index (χ2n) is 7.21. The van der Waals surface area contributed by atoms with Gasteiger partial charge >= 0.3 is 5.97 Å². The molecule has 2 fully saturated rings. The number of aliphatic carboxylic acids is 1. The highest BCUT2D eigenvalue weighted by molar-refractivity contribution is 5.73. The molecule has 0 aromatic carbocycles. The summed E-state index contributed by atoms with van der Waals surface area (Å²) in [7, 11) is 0. The van der Waals surface area contributed by atoms with Crippen molar-refractivity contribution < 1.29 is 14.6 Å². The Morgan fingerprint density at radius 2 is 2.00 bits per heavy atom. The molecule has 2 aliphatic carbocycles. The van der Waals surface area contributed by atoms with Crippen LogP contribution in [0.1, 0.15) is 65.7 Å². The van der Waals surface area contributed by atoms with Crippen molar-refractivity contribution >= 4 is 5.97 Å². The summed E-state index contributed by atoms with van der Waals surface area (Å²) in [5.74, 6) is -0.321. The third-order valence-corrected chi connectivity index (χ3v) is 5.34. The van der Waals surface area contributed by atoms with Crippen molar-refractivity contribution in [3.8, 4) is 0 Å². The van der Waals surface area contributed by atoms with Crippen LogP contribution in [-0.4, -0.2) is 35.9 Å². The van der Waals surface area contributed by atoms with Crippen molar-refractivity contribution in [2.75, 3.05) is 6.61 Å². The number of rotatable bonds is 7. The van der Waals surface area contributed by atoms with Crippen LogP contribution in [0.25, 0.3) is 0 Å². The van der Waals surface area contributed by atoms with E-state index in [0.29, 0.717) is 24.5 Å². The number of ether oxygens (including phenoxy) is 1. The summed E-state index contributed by atoms with van der Waals surface area (Å²) < 4.78 is 5.94. The fourth-order valence-corrected chi connectivity index (χ4v) is 4.25. The molecule has 2 saturated carbocycles. The first-order valence-electron chi connectivity index (χ1n) is 8.60. The molecule has 4 nitrogen and oxygen atoms in total. The average Bonchev–Trinajstić information content (AvgIpc) is 2.45. The summed E-state index contributed by atoms with van der Waals surface area (Å²) in [5, 5.41) is 12.9. The smallest absolute Gasteiger partial charge is 0.320 e. The normalized spacial score (nSPS) is 29.3. The third kappa shape index (κ3) is 3.59. The SMILES string of the molecule is CCOC1CC(NC(CC(C)C)C(=O)O)C12CCCCC2. The lowest BCUT2D eigenvalue weighted by Gasteiger charge is -2.58. The standard InChI is InChI=1S/C17H31NO3/c1-4-21-15-11-14(17(15)8-6-5-7-9-17)18-13(16(19)20)10-12(2)3/h12-15,18H,4-11H2,1-3H3,(H,19,20). The first-order valence-corrected chi connectivity index (χ1v) is 8.60. The predicted octanol–water partition coefficient (Wildman–Crippen LogP) is 3.20. The van der Waals surface area contributed by atoms with E-state index < -0.39 is 12.0 Å². The lowest BCUT2D eigenvalue weighted by atomic mass is 9.55. The lowest BCUT2D eigenvalue weighted by Crippen LogP contribution is -2.66. The highest BCUT2D eigenvalue weighted by Gasteiger charge is 2.56. The van der Waals surface area contributed by atoms with Gasteiger partial charge in [0.05, 0.1) is 6.10 Å². The van der Waals surface area contributed by atoms with E-state index in [9.17, 15) is 9.90 Å². The maximum atomic E-state index is 11.5. The van der Waals surface area contributed by atoms with E-state index in [1.165, 1.54) is 32.1 Å². The van der Waals surface area contributed by atoms with Gasteiger partial charge in [-0.05, 0) is 38.5 Å². The predicted molar refractivity (Wildman–Crippen MR) is 83.4 cm³/mol. The highest BCUT2D eigenvalue weighted by Crippen LogP contribution is 2.53. The van der Waals surface area contributed by atoms with Gasteiger partial charge in [0.2, 0.25) is 0 Å². The minimum Gasteiger partial charge on any atom is -0.480 e. The summed E-state index contributed by atoms with van der Waals surface area (Å²) in [5.41, 5.74) is 0.193. The highest BCUT2D eigenvalue weighted by atomic mass is 16.5.